The topological polar surface area (TPSA) is 53.2 Å². The molecule has 0 aromatic heterocycles. The average molecular weight is 225 g/mol. The summed E-state index contributed by atoms with van der Waals surface area (Å²) in [5.74, 6) is -0.445. The molecule has 5 heteroatoms. The van der Waals surface area contributed by atoms with Gasteiger partial charge in [-0.05, 0) is 26.1 Å². The molecule has 0 heterocycles. The SMILES string of the molecule is CNC(C)CNC(=O)Nc1ccccc1F. The zero-order valence-electron chi connectivity index (χ0n) is 9.38. The summed E-state index contributed by atoms with van der Waals surface area (Å²) in [6.45, 7) is 2.42. The summed E-state index contributed by atoms with van der Waals surface area (Å²) in [7, 11) is 1.81. The van der Waals surface area contributed by atoms with Gasteiger partial charge in [-0.3, -0.25) is 0 Å². The van der Waals surface area contributed by atoms with E-state index in [0.29, 0.717) is 6.54 Å². The maximum absolute atomic E-state index is 13.2. The lowest BCUT2D eigenvalue weighted by atomic mass is 10.3. The zero-order valence-corrected chi connectivity index (χ0v) is 9.38. The molecule has 4 nitrogen and oxygen atoms in total. The number of likely N-dealkylation sites (N-methyl/N-ethyl adjacent to an activating group) is 1. The van der Waals surface area contributed by atoms with E-state index >= 15 is 0 Å². The first-order valence-corrected chi connectivity index (χ1v) is 5.10. The Morgan fingerprint density at radius 1 is 1.44 bits per heavy atom. The van der Waals surface area contributed by atoms with Crippen LogP contribution in [0.25, 0.3) is 0 Å². The smallest absolute Gasteiger partial charge is 0.319 e. The van der Waals surface area contributed by atoms with Gasteiger partial charge in [-0.25, -0.2) is 9.18 Å². The average Bonchev–Trinajstić information content (AvgIpc) is 2.29. The number of benzene rings is 1. The van der Waals surface area contributed by atoms with Crippen LogP contribution < -0.4 is 16.0 Å². The zero-order chi connectivity index (χ0) is 12.0. The number of anilines is 1. The Morgan fingerprint density at radius 2 is 2.12 bits per heavy atom. The second kappa shape index (κ2) is 6.07. The van der Waals surface area contributed by atoms with Crippen molar-refractivity contribution in [3.8, 4) is 0 Å². The minimum Gasteiger partial charge on any atom is -0.336 e. The van der Waals surface area contributed by atoms with Gasteiger partial charge in [-0.2, -0.15) is 0 Å². The van der Waals surface area contributed by atoms with Crippen LogP contribution >= 0.6 is 0 Å². The highest BCUT2D eigenvalue weighted by atomic mass is 19.1. The van der Waals surface area contributed by atoms with Crippen molar-refractivity contribution in [3.05, 3.63) is 30.1 Å². The van der Waals surface area contributed by atoms with Gasteiger partial charge in [-0.1, -0.05) is 12.1 Å². The van der Waals surface area contributed by atoms with E-state index in [0.717, 1.165) is 0 Å². The number of hydrogen-bond acceptors (Lipinski definition) is 2. The van der Waals surface area contributed by atoms with E-state index in [1.165, 1.54) is 12.1 Å². The third-order valence-electron chi connectivity index (χ3n) is 2.18. The Hall–Kier alpha value is -1.62. The van der Waals surface area contributed by atoms with Gasteiger partial charge >= 0.3 is 6.03 Å². The molecule has 88 valence electrons. The van der Waals surface area contributed by atoms with Crippen molar-refractivity contribution in [2.75, 3.05) is 18.9 Å². The first-order chi connectivity index (χ1) is 7.63. The molecular formula is C11H16FN3O. The van der Waals surface area contributed by atoms with Crippen LogP contribution in [0.15, 0.2) is 24.3 Å². The van der Waals surface area contributed by atoms with Gasteiger partial charge in [0.05, 0.1) is 5.69 Å². The molecular weight excluding hydrogens is 209 g/mol. The lowest BCUT2D eigenvalue weighted by molar-refractivity contribution is 0.251. The number of nitrogens with one attached hydrogen (secondary N) is 3. The van der Waals surface area contributed by atoms with Crippen molar-refractivity contribution < 1.29 is 9.18 Å². The molecule has 0 aliphatic heterocycles. The molecule has 0 aliphatic carbocycles. The Bertz CT molecular complexity index is 357. The maximum atomic E-state index is 13.2. The first-order valence-electron chi connectivity index (χ1n) is 5.10. The van der Waals surface area contributed by atoms with Crippen LogP contribution in [-0.4, -0.2) is 25.7 Å². The van der Waals surface area contributed by atoms with Crippen molar-refractivity contribution in [2.24, 2.45) is 0 Å². The fourth-order valence-electron chi connectivity index (χ4n) is 1.08. The van der Waals surface area contributed by atoms with E-state index in [1.807, 2.05) is 6.92 Å². The molecule has 2 amide bonds. The molecule has 0 aliphatic rings. The third-order valence-corrected chi connectivity index (χ3v) is 2.18. The van der Waals surface area contributed by atoms with Gasteiger partial charge in [0.2, 0.25) is 0 Å². The van der Waals surface area contributed by atoms with E-state index < -0.39 is 11.8 Å². The maximum Gasteiger partial charge on any atom is 0.319 e. The number of carbonyl (C=O) groups is 1. The quantitative estimate of drug-likeness (QED) is 0.728. The lowest BCUT2D eigenvalue weighted by Gasteiger charge is -2.12. The number of rotatable bonds is 4. The monoisotopic (exact) mass is 225 g/mol. The van der Waals surface area contributed by atoms with Gasteiger partial charge in [0.15, 0.2) is 0 Å². The van der Waals surface area contributed by atoms with Crippen LogP contribution in [0.5, 0.6) is 0 Å². The van der Waals surface area contributed by atoms with Gasteiger partial charge in [0.25, 0.3) is 0 Å². The molecule has 1 atom stereocenters. The molecule has 3 N–H and O–H groups in total. The summed E-state index contributed by atoms with van der Waals surface area (Å²) < 4.78 is 13.2. The highest BCUT2D eigenvalue weighted by molar-refractivity contribution is 5.89. The number of halogens is 1. The Morgan fingerprint density at radius 3 is 2.75 bits per heavy atom. The largest absolute Gasteiger partial charge is 0.336 e. The molecule has 0 spiro atoms. The van der Waals surface area contributed by atoms with Crippen LogP contribution in [0, 0.1) is 5.82 Å². The molecule has 1 rings (SSSR count). The fraction of sp³-hybridized carbons (Fsp3) is 0.364. The predicted octanol–water partition coefficient (Wildman–Crippen LogP) is 1.56. The summed E-state index contributed by atoms with van der Waals surface area (Å²) in [6, 6.07) is 5.80. The van der Waals surface area contributed by atoms with Crippen LogP contribution in [0.1, 0.15) is 6.92 Å². The molecule has 0 saturated heterocycles. The first kappa shape index (κ1) is 12.4. The number of carbonyl (C=O) groups excluding carboxylic acids is 1. The Labute approximate surface area is 94.2 Å². The van der Waals surface area contributed by atoms with Crippen molar-refractivity contribution in [1.82, 2.24) is 10.6 Å². The summed E-state index contributed by atoms with van der Waals surface area (Å²) in [6.07, 6.45) is 0. The van der Waals surface area contributed by atoms with Crippen LogP contribution in [0.3, 0.4) is 0 Å². The van der Waals surface area contributed by atoms with Gasteiger partial charge in [0.1, 0.15) is 5.82 Å². The summed E-state index contributed by atoms with van der Waals surface area (Å²) >= 11 is 0. The standard InChI is InChI=1S/C11H16FN3O/c1-8(13-2)7-14-11(16)15-10-6-4-3-5-9(10)12/h3-6,8,13H,7H2,1-2H3,(H2,14,15,16). The van der Waals surface area contributed by atoms with Gasteiger partial charge in [0, 0.05) is 12.6 Å². The predicted molar refractivity (Wildman–Crippen MR) is 61.9 cm³/mol. The molecule has 1 aromatic rings. The molecule has 1 aromatic carbocycles. The molecule has 0 bridgehead atoms. The fourth-order valence-corrected chi connectivity index (χ4v) is 1.08. The number of para-hydroxylation sites is 1. The second-order valence-corrected chi connectivity index (χ2v) is 3.50. The second-order valence-electron chi connectivity index (χ2n) is 3.50. The summed E-state index contributed by atoms with van der Waals surface area (Å²) in [5, 5.41) is 8.05. The highest BCUT2D eigenvalue weighted by Gasteiger charge is 2.06. The minimum atomic E-state index is -0.445. The van der Waals surface area contributed by atoms with Crippen molar-refractivity contribution in [2.45, 2.75) is 13.0 Å². The minimum absolute atomic E-state index is 0.173. The van der Waals surface area contributed by atoms with E-state index in [1.54, 1.807) is 19.2 Å². The lowest BCUT2D eigenvalue weighted by Crippen LogP contribution is -2.39. The number of hydrogen-bond donors (Lipinski definition) is 3. The van der Waals surface area contributed by atoms with Crippen molar-refractivity contribution in [3.63, 3.8) is 0 Å². The van der Waals surface area contributed by atoms with E-state index in [-0.39, 0.29) is 11.7 Å². The molecule has 0 fully saturated rings. The number of amides is 2. The van der Waals surface area contributed by atoms with Crippen LogP contribution in [0.4, 0.5) is 14.9 Å². The Kier molecular flexibility index (Phi) is 4.72. The van der Waals surface area contributed by atoms with Gasteiger partial charge in [-0.15, -0.1) is 0 Å². The van der Waals surface area contributed by atoms with E-state index in [4.69, 9.17) is 0 Å². The molecule has 1 unspecified atom stereocenters. The van der Waals surface area contributed by atoms with Crippen molar-refractivity contribution >= 4 is 11.7 Å². The van der Waals surface area contributed by atoms with E-state index in [9.17, 15) is 9.18 Å². The van der Waals surface area contributed by atoms with Crippen LogP contribution in [0.2, 0.25) is 0 Å². The Balaban J connectivity index is 2.43. The summed E-state index contributed by atoms with van der Waals surface area (Å²) in [4.78, 5) is 11.4. The molecule has 0 radical (unpaired) electrons. The third kappa shape index (κ3) is 3.86. The van der Waals surface area contributed by atoms with Gasteiger partial charge < -0.3 is 16.0 Å². The normalized spacial score (nSPS) is 11.9. The summed E-state index contributed by atoms with van der Waals surface area (Å²) in [5.41, 5.74) is 0.178. The highest BCUT2D eigenvalue weighted by Crippen LogP contribution is 2.11. The van der Waals surface area contributed by atoms with Crippen molar-refractivity contribution in [1.29, 1.82) is 0 Å². The van der Waals surface area contributed by atoms with Crippen LogP contribution in [-0.2, 0) is 0 Å². The molecule has 0 saturated carbocycles. The van der Waals surface area contributed by atoms with E-state index in [2.05, 4.69) is 16.0 Å². The number of urea groups is 1. The molecule has 16 heavy (non-hydrogen) atoms.